The highest BCUT2D eigenvalue weighted by Gasteiger charge is 2.29. The van der Waals surface area contributed by atoms with Crippen LogP contribution >= 0.6 is 0 Å². The van der Waals surface area contributed by atoms with Crippen LogP contribution < -0.4 is 0 Å². The fourth-order valence-electron chi connectivity index (χ4n) is 2.01. The summed E-state index contributed by atoms with van der Waals surface area (Å²) in [4.78, 5) is 22.8. The van der Waals surface area contributed by atoms with Crippen LogP contribution in [-0.4, -0.2) is 11.9 Å². The highest BCUT2D eigenvalue weighted by molar-refractivity contribution is 6.14. The SMILES string of the molecule is O=C1OC(=O)c2cc(CC#Cc3ccccc3)ccc21. The standard InChI is InChI=1S/C17H10O3/c18-16-14-10-9-13(11-15(14)17(19)20-16)8-4-7-12-5-2-1-3-6-12/h1-3,5-6,9-11H,8H2. The first-order valence-electron chi connectivity index (χ1n) is 6.17. The van der Waals surface area contributed by atoms with Gasteiger partial charge in [0, 0.05) is 12.0 Å². The van der Waals surface area contributed by atoms with E-state index in [0.29, 0.717) is 17.5 Å². The van der Waals surface area contributed by atoms with E-state index in [1.54, 1.807) is 18.2 Å². The Kier molecular flexibility index (Phi) is 3.06. The Balaban J connectivity index is 1.80. The Morgan fingerprint density at radius 1 is 0.900 bits per heavy atom. The zero-order valence-corrected chi connectivity index (χ0v) is 10.6. The third-order valence-corrected chi connectivity index (χ3v) is 3.01. The van der Waals surface area contributed by atoms with Gasteiger partial charge in [0.2, 0.25) is 0 Å². The topological polar surface area (TPSA) is 43.4 Å². The normalized spacial score (nSPS) is 12.4. The van der Waals surface area contributed by atoms with E-state index in [0.717, 1.165) is 11.1 Å². The molecule has 0 radical (unpaired) electrons. The van der Waals surface area contributed by atoms with Crippen molar-refractivity contribution in [1.29, 1.82) is 0 Å². The van der Waals surface area contributed by atoms with Crippen LogP contribution in [0, 0.1) is 11.8 Å². The van der Waals surface area contributed by atoms with Gasteiger partial charge in [-0.2, -0.15) is 0 Å². The van der Waals surface area contributed by atoms with E-state index in [2.05, 4.69) is 16.6 Å². The van der Waals surface area contributed by atoms with Gasteiger partial charge in [-0.3, -0.25) is 0 Å². The molecule has 0 saturated carbocycles. The van der Waals surface area contributed by atoms with E-state index in [4.69, 9.17) is 0 Å². The van der Waals surface area contributed by atoms with Crippen molar-refractivity contribution < 1.29 is 14.3 Å². The van der Waals surface area contributed by atoms with E-state index in [1.807, 2.05) is 30.3 Å². The molecule has 96 valence electrons. The summed E-state index contributed by atoms with van der Waals surface area (Å²) in [6.45, 7) is 0. The average Bonchev–Trinajstić information content (AvgIpc) is 2.75. The van der Waals surface area contributed by atoms with Crippen molar-refractivity contribution in [2.24, 2.45) is 0 Å². The zero-order chi connectivity index (χ0) is 13.9. The van der Waals surface area contributed by atoms with Crippen molar-refractivity contribution in [2.45, 2.75) is 6.42 Å². The number of hydrogen-bond donors (Lipinski definition) is 0. The Morgan fingerprint density at radius 2 is 1.65 bits per heavy atom. The lowest BCUT2D eigenvalue weighted by atomic mass is 10.0. The maximum absolute atomic E-state index is 11.4. The number of rotatable bonds is 1. The van der Waals surface area contributed by atoms with Gasteiger partial charge < -0.3 is 4.74 Å². The van der Waals surface area contributed by atoms with Gasteiger partial charge in [-0.15, -0.1) is 0 Å². The maximum Gasteiger partial charge on any atom is 0.346 e. The molecule has 0 N–H and O–H groups in total. The van der Waals surface area contributed by atoms with Gasteiger partial charge in [0.25, 0.3) is 0 Å². The Morgan fingerprint density at radius 3 is 2.45 bits per heavy atom. The molecule has 0 saturated heterocycles. The summed E-state index contributed by atoms with van der Waals surface area (Å²) in [7, 11) is 0. The molecule has 3 heteroatoms. The number of cyclic esters (lactones) is 2. The van der Waals surface area contributed by atoms with Crippen molar-refractivity contribution in [3.05, 3.63) is 70.8 Å². The van der Waals surface area contributed by atoms with Gasteiger partial charge in [-0.1, -0.05) is 36.1 Å². The summed E-state index contributed by atoms with van der Waals surface area (Å²) in [6.07, 6.45) is 0.518. The highest BCUT2D eigenvalue weighted by Crippen LogP contribution is 2.21. The van der Waals surface area contributed by atoms with Crippen LogP contribution in [0.4, 0.5) is 0 Å². The van der Waals surface area contributed by atoms with Crippen LogP contribution in [0.15, 0.2) is 48.5 Å². The third kappa shape index (κ3) is 2.32. The predicted molar refractivity (Wildman–Crippen MR) is 73.2 cm³/mol. The third-order valence-electron chi connectivity index (χ3n) is 3.01. The molecule has 3 rings (SSSR count). The molecule has 0 amide bonds. The van der Waals surface area contributed by atoms with Crippen LogP contribution in [0.5, 0.6) is 0 Å². The Bertz CT molecular complexity index is 749. The van der Waals surface area contributed by atoms with Gasteiger partial charge in [0.1, 0.15) is 0 Å². The smallest absolute Gasteiger partial charge is 0.346 e. The van der Waals surface area contributed by atoms with Crippen LogP contribution in [0.3, 0.4) is 0 Å². The molecule has 0 atom stereocenters. The first-order chi connectivity index (χ1) is 9.74. The molecule has 0 spiro atoms. The molecule has 20 heavy (non-hydrogen) atoms. The molecular weight excluding hydrogens is 252 g/mol. The van der Waals surface area contributed by atoms with Crippen LogP contribution in [0.1, 0.15) is 31.8 Å². The molecule has 0 unspecified atom stereocenters. The van der Waals surface area contributed by atoms with E-state index in [9.17, 15) is 9.59 Å². The van der Waals surface area contributed by atoms with Gasteiger partial charge >= 0.3 is 11.9 Å². The fourth-order valence-corrected chi connectivity index (χ4v) is 2.01. The minimum Gasteiger partial charge on any atom is -0.386 e. The van der Waals surface area contributed by atoms with Gasteiger partial charge in [0.15, 0.2) is 0 Å². The number of fused-ring (bicyclic) bond motifs is 1. The Hall–Kier alpha value is -2.86. The van der Waals surface area contributed by atoms with Crippen LogP contribution in [0.25, 0.3) is 0 Å². The molecular formula is C17H10O3. The minimum absolute atomic E-state index is 0.328. The maximum atomic E-state index is 11.4. The summed E-state index contributed by atoms with van der Waals surface area (Å²) in [5, 5.41) is 0. The molecule has 3 nitrogen and oxygen atoms in total. The quantitative estimate of drug-likeness (QED) is 0.450. The average molecular weight is 262 g/mol. The molecule has 0 aromatic heterocycles. The number of carbonyl (C=O) groups excluding carboxylic acids is 2. The fraction of sp³-hybridized carbons (Fsp3) is 0.0588. The van der Waals surface area contributed by atoms with E-state index < -0.39 is 11.9 Å². The molecule has 1 aliphatic rings. The predicted octanol–water partition coefficient (Wildman–Crippen LogP) is 2.59. The van der Waals surface area contributed by atoms with Gasteiger partial charge in [-0.25, -0.2) is 9.59 Å². The number of hydrogen-bond acceptors (Lipinski definition) is 3. The van der Waals surface area contributed by atoms with Crippen molar-refractivity contribution in [3.8, 4) is 11.8 Å². The first kappa shape index (κ1) is 12.2. The second kappa shape index (κ2) is 5.02. The first-order valence-corrected chi connectivity index (χ1v) is 6.17. The molecule has 0 aliphatic carbocycles. The summed E-state index contributed by atoms with van der Waals surface area (Å²) in [5.41, 5.74) is 2.49. The summed E-state index contributed by atoms with van der Waals surface area (Å²) < 4.78 is 4.55. The van der Waals surface area contributed by atoms with E-state index in [-0.39, 0.29) is 0 Å². The van der Waals surface area contributed by atoms with Crippen molar-refractivity contribution in [2.75, 3.05) is 0 Å². The monoisotopic (exact) mass is 262 g/mol. The number of benzene rings is 2. The number of carbonyl (C=O) groups is 2. The molecule has 2 aromatic carbocycles. The summed E-state index contributed by atoms with van der Waals surface area (Å²) >= 11 is 0. The minimum atomic E-state index is -0.581. The summed E-state index contributed by atoms with van der Waals surface area (Å²) in [6, 6.07) is 14.7. The van der Waals surface area contributed by atoms with Gasteiger partial charge in [0.05, 0.1) is 11.1 Å². The number of ether oxygens (including phenoxy) is 1. The van der Waals surface area contributed by atoms with Crippen molar-refractivity contribution in [1.82, 2.24) is 0 Å². The second-order valence-corrected chi connectivity index (χ2v) is 4.40. The van der Waals surface area contributed by atoms with Gasteiger partial charge in [-0.05, 0) is 29.8 Å². The highest BCUT2D eigenvalue weighted by atomic mass is 16.6. The molecule has 1 heterocycles. The number of esters is 2. The van der Waals surface area contributed by atoms with Crippen LogP contribution in [-0.2, 0) is 11.2 Å². The lowest BCUT2D eigenvalue weighted by molar-refractivity contribution is 0.0444. The molecule has 1 aliphatic heterocycles. The van der Waals surface area contributed by atoms with E-state index in [1.165, 1.54) is 0 Å². The van der Waals surface area contributed by atoms with Crippen molar-refractivity contribution >= 4 is 11.9 Å². The van der Waals surface area contributed by atoms with E-state index >= 15 is 0 Å². The zero-order valence-electron chi connectivity index (χ0n) is 10.6. The molecule has 0 bridgehead atoms. The second-order valence-electron chi connectivity index (χ2n) is 4.40. The van der Waals surface area contributed by atoms with Crippen molar-refractivity contribution in [3.63, 3.8) is 0 Å². The Labute approximate surface area is 116 Å². The largest absolute Gasteiger partial charge is 0.386 e. The molecule has 0 fully saturated rings. The summed E-state index contributed by atoms with van der Waals surface area (Å²) in [5.74, 6) is 4.94. The molecule has 2 aromatic rings. The lowest BCUT2D eigenvalue weighted by Crippen LogP contribution is -1.96. The lowest BCUT2D eigenvalue weighted by Gasteiger charge is -1.96. The van der Waals surface area contributed by atoms with Crippen LogP contribution in [0.2, 0.25) is 0 Å².